The average Bonchev–Trinajstić information content (AvgIpc) is 2.34. The van der Waals surface area contributed by atoms with Crippen molar-refractivity contribution in [2.24, 2.45) is 0 Å². The van der Waals surface area contributed by atoms with Gasteiger partial charge in [0.1, 0.15) is 0 Å². The Morgan fingerprint density at radius 1 is 1.00 bits per heavy atom. The Morgan fingerprint density at radius 3 is 2.06 bits per heavy atom. The number of benzene rings is 1. The van der Waals surface area contributed by atoms with Crippen LogP contribution in [0.15, 0.2) is 35.2 Å². The van der Waals surface area contributed by atoms with E-state index in [0.717, 1.165) is 0 Å². The molecule has 0 aliphatic carbocycles. The van der Waals surface area contributed by atoms with Gasteiger partial charge < -0.3 is 0 Å². The van der Waals surface area contributed by atoms with Gasteiger partial charge in [0.2, 0.25) is 0 Å². The molecule has 0 radical (unpaired) electrons. The van der Waals surface area contributed by atoms with Gasteiger partial charge >= 0.3 is 0 Å². The predicted molar refractivity (Wildman–Crippen MR) is 81.7 cm³/mol. The van der Waals surface area contributed by atoms with Gasteiger partial charge in [0.15, 0.2) is 0 Å². The van der Waals surface area contributed by atoms with Gasteiger partial charge in [-0.2, -0.15) is 0 Å². The van der Waals surface area contributed by atoms with Crippen LogP contribution in [-0.4, -0.2) is 19.0 Å². The second-order valence-electron chi connectivity index (χ2n) is 4.42. The summed E-state index contributed by atoms with van der Waals surface area (Å²) in [5, 5.41) is 0. The molecule has 1 aromatic rings. The summed E-state index contributed by atoms with van der Waals surface area (Å²) in [5.74, 6) is 0. The third-order valence-corrected chi connectivity index (χ3v) is 8.81. The molecule has 16 heavy (non-hydrogen) atoms. The summed E-state index contributed by atoms with van der Waals surface area (Å²) in [5.41, 5.74) is 1.42. The Bertz CT molecular complexity index is 294. The molecule has 1 aromatic carbocycles. The van der Waals surface area contributed by atoms with Crippen molar-refractivity contribution in [3.8, 4) is 0 Å². The third-order valence-electron chi connectivity index (χ3n) is 2.87. The van der Waals surface area contributed by atoms with Crippen LogP contribution < -0.4 is 0 Å². The number of hydrogen-bond acceptors (Lipinski definition) is 0. The molecule has 0 aromatic heterocycles. The van der Waals surface area contributed by atoms with Crippen LogP contribution in [0.25, 0.3) is 6.08 Å². The molecule has 0 amide bonds. The first-order chi connectivity index (χ1) is 7.86. The van der Waals surface area contributed by atoms with Crippen LogP contribution >= 0.6 is 0 Å². The van der Waals surface area contributed by atoms with Gasteiger partial charge in [-0.05, 0) is 5.56 Å². The normalized spacial score (nSPS) is 11.6. The van der Waals surface area contributed by atoms with Gasteiger partial charge in [0.05, 0.1) is 0 Å². The molecule has 0 aliphatic heterocycles. The van der Waals surface area contributed by atoms with E-state index in [9.17, 15) is 0 Å². The van der Waals surface area contributed by atoms with E-state index < -0.39 is 0 Å². The van der Waals surface area contributed by atoms with Crippen LogP contribution in [0.1, 0.15) is 32.3 Å². The molecule has 0 fully saturated rings. The lowest BCUT2D eigenvalue weighted by Crippen LogP contribution is -2.04. The minimum absolute atomic E-state index is 0.0840. The molecule has 0 spiro atoms. The average molecular weight is 249 g/mol. The quantitative estimate of drug-likeness (QED) is 0.651. The Kier molecular flexibility index (Phi) is 7.18. The first kappa shape index (κ1) is 13.5. The highest BCUT2D eigenvalue weighted by Crippen LogP contribution is 2.08. The minimum atomic E-state index is 0.0840. The summed E-state index contributed by atoms with van der Waals surface area (Å²) in [6.45, 7) is 4.63. The summed E-state index contributed by atoms with van der Waals surface area (Å²) in [7, 11) is 0.168. The molecule has 0 aliphatic rings. The van der Waals surface area contributed by atoms with Crippen molar-refractivity contribution < 1.29 is 0 Å². The van der Waals surface area contributed by atoms with Crippen molar-refractivity contribution in [2.75, 3.05) is 0 Å². The molecule has 0 N–H and O–H groups in total. The summed E-state index contributed by atoms with van der Waals surface area (Å²) >= 11 is 0. The fourth-order valence-corrected chi connectivity index (χ4v) is 6.74. The fourth-order valence-electron chi connectivity index (χ4n) is 1.86. The molecule has 0 heterocycles. The SMILES string of the molecule is CCC[SiH2]C(=Cc1ccccc1)[SiH2]CCC. The molecule has 0 saturated carbocycles. The predicted octanol–water partition coefficient (Wildman–Crippen LogP) is 2.98. The monoisotopic (exact) mass is 248 g/mol. The number of hydrogen-bond donors (Lipinski definition) is 0. The third kappa shape index (κ3) is 5.47. The highest BCUT2D eigenvalue weighted by molar-refractivity contribution is 6.70. The lowest BCUT2D eigenvalue weighted by molar-refractivity contribution is 1.07. The van der Waals surface area contributed by atoms with E-state index in [1.54, 1.807) is 0 Å². The maximum Gasteiger partial charge on any atom is 0.0439 e. The maximum atomic E-state index is 2.50. The highest BCUT2D eigenvalue weighted by atomic mass is 28.3. The number of rotatable bonds is 7. The van der Waals surface area contributed by atoms with Crippen LogP contribution in [0.5, 0.6) is 0 Å². The summed E-state index contributed by atoms with van der Waals surface area (Å²) < 4.78 is 0. The van der Waals surface area contributed by atoms with E-state index in [-0.39, 0.29) is 19.0 Å². The molecule has 0 bridgehead atoms. The molecule has 0 saturated heterocycles. The van der Waals surface area contributed by atoms with Gasteiger partial charge in [-0.25, -0.2) is 0 Å². The Balaban J connectivity index is 2.63. The van der Waals surface area contributed by atoms with Crippen molar-refractivity contribution in [1.29, 1.82) is 0 Å². The first-order valence-corrected chi connectivity index (χ1v) is 10.0. The van der Waals surface area contributed by atoms with Crippen LogP contribution in [0.2, 0.25) is 12.1 Å². The van der Waals surface area contributed by atoms with Gasteiger partial charge in [0, 0.05) is 19.0 Å². The molecule has 0 nitrogen and oxygen atoms in total. The molecular weight excluding hydrogens is 224 g/mol. The topological polar surface area (TPSA) is 0 Å². The van der Waals surface area contributed by atoms with Crippen molar-refractivity contribution in [3.05, 3.63) is 40.7 Å². The second-order valence-corrected chi connectivity index (χ2v) is 9.65. The Labute approximate surface area is 105 Å². The van der Waals surface area contributed by atoms with E-state index in [4.69, 9.17) is 0 Å². The molecule has 1 rings (SSSR count). The maximum absolute atomic E-state index is 2.50. The Hall–Kier alpha value is -0.606. The van der Waals surface area contributed by atoms with Gasteiger partial charge in [-0.15, -0.1) is 4.82 Å². The largest absolute Gasteiger partial charge is 0.103 e. The van der Waals surface area contributed by atoms with Crippen molar-refractivity contribution in [2.45, 2.75) is 38.8 Å². The summed E-state index contributed by atoms with van der Waals surface area (Å²) in [6, 6.07) is 13.9. The molecule has 0 unspecified atom stereocenters. The van der Waals surface area contributed by atoms with Gasteiger partial charge in [-0.3, -0.25) is 0 Å². The zero-order valence-corrected chi connectivity index (χ0v) is 13.5. The minimum Gasteiger partial charge on any atom is -0.103 e. The van der Waals surface area contributed by atoms with Crippen molar-refractivity contribution in [3.63, 3.8) is 0 Å². The lowest BCUT2D eigenvalue weighted by Gasteiger charge is -2.05. The fraction of sp³-hybridized carbons (Fsp3) is 0.429. The van der Waals surface area contributed by atoms with Gasteiger partial charge in [0.25, 0.3) is 0 Å². The molecule has 2 heteroatoms. The van der Waals surface area contributed by atoms with Gasteiger partial charge in [-0.1, -0.05) is 75.2 Å². The second kappa shape index (κ2) is 8.53. The van der Waals surface area contributed by atoms with E-state index in [2.05, 4.69) is 50.3 Å². The van der Waals surface area contributed by atoms with E-state index >= 15 is 0 Å². The molecule has 0 atom stereocenters. The standard InChI is InChI=1S/C14H24Si2/c1-3-10-15-14(16-11-4-2)12-13-8-6-5-7-9-13/h5-9,12H,3-4,10-11,15-16H2,1-2H3. The van der Waals surface area contributed by atoms with Crippen molar-refractivity contribution >= 4 is 25.1 Å². The van der Waals surface area contributed by atoms with Crippen LogP contribution in [0.3, 0.4) is 0 Å². The van der Waals surface area contributed by atoms with Crippen LogP contribution in [0, 0.1) is 0 Å². The highest BCUT2D eigenvalue weighted by Gasteiger charge is 1.99. The zero-order chi connectivity index (χ0) is 11.6. The lowest BCUT2D eigenvalue weighted by atomic mass is 10.2. The van der Waals surface area contributed by atoms with Crippen LogP contribution in [-0.2, 0) is 0 Å². The first-order valence-electron chi connectivity index (χ1n) is 6.61. The van der Waals surface area contributed by atoms with Crippen molar-refractivity contribution in [1.82, 2.24) is 0 Å². The smallest absolute Gasteiger partial charge is 0.0439 e. The van der Waals surface area contributed by atoms with Crippen LogP contribution in [0.4, 0.5) is 0 Å². The zero-order valence-electron chi connectivity index (χ0n) is 10.7. The molecular formula is C14H24Si2. The summed E-state index contributed by atoms with van der Waals surface area (Å²) in [6.07, 6.45) is 5.25. The van der Waals surface area contributed by atoms with E-state index in [1.807, 2.05) is 4.82 Å². The summed E-state index contributed by atoms with van der Waals surface area (Å²) in [4.78, 5) is 1.90. The molecule has 88 valence electrons. The van der Waals surface area contributed by atoms with E-state index in [0.29, 0.717) is 0 Å². The van der Waals surface area contributed by atoms with E-state index in [1.165, 1.54) is 30.5 Å². The Morgan fingerprint density at radius 2 is 1.56 bits per heavy atom.